The van der Waals surface area contributed by atoms with E-state index >= 15 is 0 Å². The van der Waals surface area contributed by atoms with E-state index in [1.54, 1.807) is 0 Å². The minimum absolute atomic E-state index is 0. The van der Waals surface area contributed by atoms with Crippen molar-refractivity contribution in [1.82, 2.24) is 5.32 Å². The number of carboxylic acid groups (broad SMARTS) is 1. The van der Waals surface area contributed by atoms with Crippen molar-refractivity contribution >= 4 is 11.9 Å². The molecule has 0 aromatic heterocycles. The third-order valence-corrected chi connectivity index (χ3v) is 3.10. The van der Waals surface area contributed by atoms with E-state index in [0.29, 0.717) is 18.9 Å². The number of hydrogen-bond donors (Lipinski definition) is 3. The van der Waals surface area contributed by atoms with Crippen LogP contribution in [0.1, 0.15) is 39.0 Å². The van der Waals surface area contributed by atoms with E-state index in [1.807, 2.05) is 0 Å². The van der Waals surface area contributed by atoms with Crippen LogP contribution in [-0.4, -0.2) is 43.3 Å². The number of rotatable bonds is 11. The van der Waals surface area contributed by atoms with Gasteiger partial charge in [0.05, 0.1) is 6.54 Å². The highest BCUT2D eigenvalue weighted by Crippen LogP contribution is 2.16. The molecule has 0 heterocycles. The number of nitrogens with one attached hydrogen (secondary N) is 1. The van der Waals surface area contributed by atoms with Crippen LogP contribution in [-0.2, 0) is 14.3 Å². The van der Waals surface area contributed by atoms with Gasteiger partial charge in [-0.1, -0.05) is 19.8 Å². The molecule has 0 saturated carbocycles. The van der Waals surface area contributed by atoms with Crippen molar-refractivity contribution in [3.63, 3.8) is 0 Å². The van der Waals surface area contributed by atoms with Gasteiger partial charge in [0.1, 0.15) is 0 Å². The van der Waals surface area contributed by atoms with E-state index in [9.17, 15) is 9.59 Å². The van der Waals surface area contributed by atoms with Crippen molar-refractivity contribution in [3.05, 3.63) is 0 Å². The zero-order valence-electron chi connectivity index (χ0n) is 11.9. The van der Waals surface area contributed by atoms with Crippen LogP contribution >= 0.6 is 0 Å². The van der Waals surface area contributed by atoms with Crippen LogP contribution in [0.3, 0.4) is 0 Å². The standard InChI is InChI=1S/C13H26N2O4/c1-3-4-10(7-8-14)5-6-12(16)15-9-11(19-2)13(17)18/h10-11H,3-9,14H2,1-2H3,(H,15,16)(H,17,18). The Morgan fingerprint density at radius 2 is 2.00 bits per heavy atom. The third-order valence-electron chi connectivity index (χ3n) is 3.10. The summed E-state index contributed by atoms with van der Waals surface area (Å²) in [6.45, 7) is 2.75. The summed E-state index contributed by atoms with van der Waals surface area (Å²) in [5.41, 5.74) is 5.53. The molecule has 0 aliphatic heterocycles. The SMILES string of the molecule is CCCC(CCN)CCC(=O)NCC(OC)C(=O)O. The predicted octanol–water partition coefficient (Wildman–Crippen LogP) is 0.748. The Kier molecular flexibility index (Phi) is 10.1. The normalized spacial score (nSPS) is 13.8. The minimum Gasteiger partial charge on any atom is -0.479 e. The van der Waals surface area contributed by atoms with Gasteiger partial charge in [0.2, 0.25) is 5.91 Å². The first kappa shape index (κ1) is 17.9. The van der Waals surface area contributed by atoms with Gasteiger partial charge in [-0.3, -0.25) is 4.79 Å². The van der Waals surface area contributed by atoms with E-state index < -0.39 is 12.1 Å². The van der Waals surface area contributed by atoms with Gasteiger partial charge in [0.15, 0.2) is 6.10 Å². The molecular weight excluding hydrogens is 248 g/mol. The Morgan fingerprint density at radius 3 is 2.47 bits per heavy atom. The molecule has 1 amide bonds. The molecule has 0 aliphatic rings. The van der Waals surface area contributed by atoms with Gasteiger partial charge in [-0.15, -0.1) is 0 Å². The van der Waals surface area contributed by atoms with Gasteiger partial charge in [-0.25, -0.2) is 4.79 Å². The number of nitrogens with two attached hydrogens (primary N) is 1. The van der Waals surface area contributed by atoms with E-state index in [1.165, 1.54) is 7.11 Å². The second kappa shape index (κ2) is 10.8. The lowest BCUT2D eigenvalue weighted by atomic mass is 9.94. The van der Waals surface area contributed by atoms with Crippen molar-refractivity contribution in [3.8, 4) is 0 Å². The van der Waals surface area contributed by atoms with Gasteiger partial charge in [0, 0.05) is 13.5 Å². The maximum atomic E-state index is 11.6. The Bertz CT molecular complexity index is 265. The van der Waals surface area contributed by atoms with E-state index in [4.69, 9.17) is 15.6 Å². The quantitative estimate of drug-likeness (QED) is 0.516. The molecule has 0 aromatic rings. The fraction of sp³-hybridized carbons (Fsp3) is 0.846. The van der Waals surface area contributed by atoms with E-state index in [2.05, 4.69) is 12.2 Å². The highest BCUT2D eigenvalue weighted by molar-refractivity contribution is 5.78. The summed E-state index contributed by atoms with van der Waals surface area (Å²) in [5, 5.41) is 11.3. The maximum Gasteiger partial charge on any atom is 0.334 e. The van der Waals surface area contributed by atoms with Crippen molar-refractivity contribution < 1.29 is 19.4 Å². The molecule has 0 bridgehead atoms. The Balaban J connectivity index is 3.93. The van der Waals surface area contributed by atoms with Crippen LogP contribution in [0.4, 0.5) is 0 Å². The number of hydrogen-bond acceptors (Lipinski definition) is 4. The van der Waals surface area contributed by atoms with E-state index in [0.717, 1.165) is 25.7 Å². The molecule has 0 spiro atoms. The van der Waals surface area contributed by atoms with Gasteiger partial charge in [-0.05, 0) is 25.3 Å². The van der Waals surface area contributed by atoms with Crippen molar-refractivity contribution in [1.29, 1.82) is 0 Å². The summed E-state index contributed by atoms with van der Waals surface area (Å²) in [4.78, 5) is 22.3. The second-order valence-corrected chi connectivity index (χ2v) is 4.64. The molecule has 19 heavy (non-hydrogen) atoms. The van der Waals surface area contributed by atoms with Gasteiger partial charge >= 0.3 is 5.97 Å². The number of ether oxygens (including phenoxy) is 1. The number of carbonyl (C=O) groups is 2. The molecule has 2 atom stereocenters. The summed E-state index contributed by atoms with van der Waals surface area (Å²) in [6.07, 6.45) is 3.29. The van der Waals surface area contributed by atoms with Crippen LogP contribution in [0, 0.1) is 5.92 Å². The summed E-state index contributed by atoms with van der Waals surface area (Å²) in [5.74, 6) is -0.741. The van der Waals surface area contributed by atoms with Crippen LogP contribution in [0.2, 0.25) is 0 Å². The highest BCUT2D eigenvalue weighted by atomic mass is 16.5. The topological polar surface area (TPSA) is 102 Å². The first-order valence-electron chi connectivity index (χ1n) is 6.77. The largest absolute Gasteiger partial charge is 0.479 e. The van der Waals surface area contributed by atoms with Crippen LogP contribution in [0.5, 0.6) is 0 Å². The first-order chi connectivity index (χ1) is 9.04. The van der Waals surface area contributed by atoms with Crippen molar-refractivity contribution in [2.45, 2.75) is 45.1 Å². The maximum absolute atomic E-state index is 11.6. The number of carbonyl (C=O) groups excluding carboxylic acids is 1. The van der Waals surface area contributed by atoms with Gasteiger partial charge in [0.25, 0.3) is 0 Å². The first-order valence-corrected chi connectivity index (χ1v) is 6.77. The van der Waals surface area contributed by atoms with Crippen LogP contribution < -0.4 is 11.1 Å². The third kappa shape index (κ3) is 8.56. The molecule has 0 rings (SSSR count). The Morgan fingerprint density at radius 1 is 1.32 bits per heavy atom. The molecule has 0 fully saturated rings. The molecule has 0 radical (unpaired) electrons. The summed E-state index contributed by atoms with van der Waals surface area (Å²) < 4.78 is 4.73. The second-order valence-electron chi connectivity index (χ2n) is 4.64. The fourth-order valence-electron chi connectivity index (χ4n) is 1.98. The van der Waals surface area contributed by atoms with E-state index in [-0.39, 0.29) is 12.5 Å². The lowest BCUT2D eigenvalue weighted by molar-refractivity contribution is -0.148. The Labute approximate surface area is 114 Å². The fourth-order valence-corrected chi connectivity index (χ4v) is 1.98. The average Bonchev–Trinajstić information content (AvgIpc) is 2.36. The molecule has 0 saturated heterocycles. The molecule has 0 aliphatic carbocycles. The molecule has 6 heteroatoms. The number of amides is 1. The zero-order valence-corrected chi connectivity index (χ0v) is 11.9. The molecule has 0 aromatic carbocycles. The highest BCUT2D eigenvalue weighted by Gasteiger charge is 2.17. The van der Waals surface area contributed by atoms with Crippen molar-refractivity contribution in [2.24, 2.45) is 11.7 Å². The van der Waals surface area contributed by atoms with Crippen molar-refractivity contribution in [2.75, 3.05) is 20.2 Å². The number of methoxy groups -OCH3 is 1. The van der Waals surface area contributed by atoms with Gasteiger partial charge in [-0.2, -0.15) is 0 Å². The molecule has 6 nitrogen and oxygen atoms in total. The number of carboxylic acids is 1. The van der Waals surface area contributed by atoms with Gasteiger partial charge < -0.3 is 20.9 Å². The molecular formula is C13H26N2O4. The van der Waals surface area contributed by atoms with Crippen LogP contribution in [0.25, 0.3) is 0 Å². The monoisotopic (exact) mass is 274 g/mol. The molecule has 112 valence electrons. The number of aliphatic carboxylic acids is 1. The molecule has 2 unspecified atom stereocenters. The minimum atomic E-state index is -1.07. The zero-order chi connectivity index (χ0) is 14.7. The molecule has 4 N–H and O–H groups in total. The van der Waals surface area contributed by atoms with Crippen LogP contribution in [0.15, 0.2) is 0 Å². The lowest BCUT2D eigenvalue weighted by Crippen LogP contribution is -2.37. The lowest BCUT2D eigenvalue weighted by Gasteiger charge is -2.15. The summed E-state index contributed by atoms with van der Waals surface area (Å²) in [7, 11) is 1.31. The average molecular weight is 274 g/mol. The summed E-state index contributed by atoms with van der Waals surface area (Å²) >= 11 is 0. The smallest absolute Gasteiger partial charge is 0.334 e. The summed E-state index contributed by atoms with van der Waals surface area (Å²) in [6, 6.07) is 0. The Hall–Kier alpha value is -1.14. The predicted molar refractivity (Wildman–Crippen MR) is 72.7 cm³/mol.